The van der Waals surface area contributed by atoms with Gasteiger partial charge in [0.25, 0.3) is 0 Å². The third-order valence-electron chi connectivity index (χ3n) is 4.01. The van der Waals surface area contributed by atoms with Gasteiger partial charge in [-0.05, 0) is 5.56 Å². The molecule has 5 nitrogen and oxygen atoms in total. The molecule has 1 saturated heterocycles. The SMILES string of the molecule is OC[C@]1(Cc2ccccc2)CN(Cc2cncnc2)CCO1. The molecule has 1 aromatic carbocycles. The van der Waals surface area contributed by atoms with E-state index in [4.69, 9.17) is 4.74 Å². The number of nitrogens with zero attached hydrogens (tertiary/aromatic N) is 3. The molecule has 3 rings (SSSR count). The first-order chi connectivity index (χ1) is 10.8. The zero-order chi connectivity index (χ0) is 15.3. The number of aliphatic hydroxyl groups is 1. The van der Waals surface area contributed by atoms with Gasteiger partial charge in [0.05, 0.1) is 13.2 Å². The third-order valence-corrected chi connectivity index (χ3v) is 4.01. The van der Waals surface area contributed by atoms with Gasteiger partial charge in [-0.25, -0.2) is 9.97 Å². The van der Waals surface area contributed by atoms with Crippen LogP contribution in [0.15, 0.2) is 49.1 Å². The molecule has 1 aliphatic heterocycles. The molecule has 116 valence electrons. The molecule has 0 amide bonds. The molecule has 5 heteroatoms. The zero-order valence-electron chi connectivity index (χ0n) is 12.6. The van der Waals surface area contributed by atoms with E-state index in [1.807, 2.05) is 30.6 Å². The molecule has 0 saturated carbocycles. The molecule has 1 fully saturated rings. The Labute approximate surface area is 130 Å². The number of hydrogen-bond acceptors (Lipinski definition) is 5. The molecule has 2 aromatic rings. The number of aromatic nitrogens is 2. The van der Waals surface area contributed by atoms with Crippen LogP contribution in [0.3, 0.4) is 0 Å². The van der Waals surface area contributed by atoms with Crippen molar-refractivity contribution < 1.29 is 9.84 Å². The van der Waals surface area contributed by atoms with Crippen LogP contribution < -0.4 is 0 Å². The predicted octanol–water partition coefficient (Wildman–Crippen LogP) is 1.28. The van der Waals surface area contributed by atoms with E-state index in [1.165, 1.54) is 11.9 Å². The molecule has 0 unspecified atom stereocenters. The molecule has 0 bridgehead atoms. The Hall–Kier alpha value is -1.82. The van der Waals surface area contributed by atoms with Crippen LogP contribution >= 0.6 is 0 Å². The number of hydrogen-bond donors (Lipinski definition) is 1. The van der Waals surface area contributed by atoms with Crippen LogP contribution in [0, 0.1) is 0 Å². The molecular formula is C17H21N3O2. The summed E-state index contributed by atoms with van der Waals surface area (Å²) in [5.41, 5.74) is 1.73. The third kappa shape index (κ3) is 3.68. The Morgan fingerprint density at radius 2 is 1.91 bits per heavy atom. The molecular weight excluding hydrogens is 278 g/mol. The van der Waals surface area contributed by atoms with Gasteiger partial charge in [-0.3, -0.25) is 4.90 Å². The summed E-state index contributed by atoms with van der Waals surface area (Å²) in [7, 11) is 0. The average Bonchev–Trinajstić information content (AvgIpc) is 2.57. The van der Waals surface area contributed by atoms with Gasteiger partial charge < -0.3 is 9.84 Å². The summed E-state index contributed by atoms with van der Waals surface area (Å²) in [5, 5.41) is 9.91. The fourth-order valence-electron chi connectivity index (χ4n) is 2.95. The van der Waals surface area contributed by atoms with E-state index in [-0.39, 0.29) is 6.61 Å². The Morgan fingerprint density at radius 1 is 1.14 bits per heavy atom. The van der Waals surface area contributed by atoms with Crippen molar-refractivity contribution in [1.29, 1.82) is 0 Å². The Balaban J connectivity index is 1.69. The van der Waals surface area contributed by atoms with Crippen molar-refractivity contribution in [3.63, 3.8) is 0 Å². The van der Waals surface area contributed by atoms with Crippen molar-refractivity contribution in [2.75, 3.05) is 26.3 Å². The van der Waals surface area contributed by atoms with Gasteiger partial charge in [-0.1, -0.05) is 30.3 Å². The molecule has 1 N–H and O–H groups in total. The highest BCUT2D eigenvalue weighted by Crippen LogP contribution is 2.24. The quantitative estimate of drug-likeness (QED) is 0.901. The van der Waals surface area contributed by atoms with Crippen molar-refractivity contribution in [2.24, 2.45) is 0 Å². The maximum absolute atomic E-state index is 9.91. The largest absolute Gasteiger partial charge is 0.393 e. The fourth-order valence-corrected chi connectivity index (χ4v) is 2.95. The van der Waals surface area contributed by atoms with Crippen LogP contribution in [-0.4, -0.2) is 51.9 Å². The van der Waals surface area contributed by atoms with Gasteiger partial charge in [0.15, 0.2) is 0 Å². The van der Waals surface area contributed by atoms with Crippen LogP contribution in [0.4, 0.5) is 0 Å². The number of rotatable bonds is 5. The van der Waals surface area contributed by atoms with Crippen LogP contribution in [0.1, 0.15) is 11.1 Å². The molecule has 2 heterocycles. The first-order valence-electron chi connectivity index (χ1n) is 7.55. The molecule has 0 aliphatic carbocycles. The Morgan fingerprint density at radius 3 is 2.64 bits per heavy atom. The standard InChI is InChI=1S/C17H21N3O2/c21-13-17(8-15-4-2-1-3-5-15)12-20(6-7-22-17)11-16-9-18-14-19-10-16/h1-5,9-10,14,21H,6-8,11-13H2/t17-/m0/s1. The minimum absolute atomic E-state index is 0.0175. The second-order valence-electron chi connectivity index (χ2n) is 5.81. The van der Waals surface area contributed by atoms with E-state index >= 15 is 0 Å². The highest BCUT2D eigenvalue weighted by molar-refractivity contribution is 5.18. The number of ether oxygens (including phenoxy) is 1. The van der Waals surface area contributed by atoms with Crippen molar-refractivity contribution in [1.82, 2.24) is 14.9 Å². The predicted molar refractivity (Wildman–Crippen MR) is 83.2 cm³/mol. The van der Waals surface area contributed by atoms with Gasteiger partial charge in [0.2, 0.25) is 0 Å². The second kappa shape index (κ2) is 6.96. The van der Waals surface area contributed by atoms with Crippen molar-refractivity contribution in [3.05, 3.63) is 60.2 Å². The summed E-state index contributed by atoms with van der Waals surface area (Å²) >= 11 is 0. The van der Waals surface area contributed by atoms with Crippen LogP contribution in [-0.2, 0) is 17.7 Å². The molecule has 22 heavy (non-hydrogen) atoms. The van der Waals surface area contributed by atoms with E-state index in [2.05, 4.69) is 27.0 Å². The zero-order valence-corrected chi connectivity index (χ0v) is 12.6. The topological polar surface area (TPSA) is 58.5 Å². The van der Waals surface area contributed by atoms with Gasteiger partial charge >= 0.3 is 0 Å². The van der Waals surface area contributed by atoms with E-state index in [1.54, 1.807) is 0 Å². The minimum Gasteiger partial charge on any atom is -0.393 e. The number of aliphatic hydroxyl groups excluding tert-OH is 1. The van der Waals surface area contributed by atoms with Gasteiger partial charge in [-0.15, -0.1) is 0 Å². The van der Waals surface area contributed by atoms with Gasteiger partial charge in [0, 0.05) is 44.0 Å². The summed E-state index contributed by atoms with van der Waals surface area (Å²) < 4.78 is 5.96. The second-order valence-corrected chi connectivity index (χ2v) is 5.81. The Bertz CT molecular complexity index is 579. The van der Waals surface area contributed by atoms with Crippen LogP contribution in [0.2, 0.25) is 0 Å². The molecule has 1 atom stereocenters. The number of benzene rings is 1. The summed E-state index contributed by atoms with van der Waals surface area (Å²) in [4.78, 5) is 10.4. The van der Waals surface area contributed by atoms with Crippen molar-refractivity contribution in [3.8, 4) is 0 Å². The molecule has 1 aliphatic rings. The Kier molecular flexibility index (Phi) is 4.77. The number of morpholine rings is 1. The lowest BCUT2D eigenvalue weighted by molar-refractivity contribution is -0.134. The van der Waals surface area contributed by atoms with E-state index in [9.17, 15) is 5.11 Å². The lowest BCUT2D eigenvalue weighted by atomic mass is 9.93. The van der Waals surface area contributed by atoms with E-state index in [0.29, 0.717) is 19.6 Å². The highest BCUT2D eigenvalue weighted by atomic mass is 16.5. The maximum Gasteiger partial charge on any atom is 0.115 e. The smallest absolute Gasteiger partial charge is 0.115 e. The van der Waals surface area contributed by atoms with Crippen molar-refractivity contribution >= 4 is 0 Å². The monoisotopic (exact) mass is 299 g/mol. The molecule has 0 spiro atoms. The average molecular weight is 299 g/mol. The molecule has 1 aromatic heterocycles. The van der Waals surface area contributed by atoms with Crippen LogP contribution in [0.25, 0.3) is 0 Å². The van der Waals surface area contributed by atoms with Gasteiger partial charge in [-0.2, -0.15) is 0 Å². The summed E-state index contributed by atoms with van der Waals surface area (Å²) in [6, 6.07) is 10.2. The van der Waals surface area contributed by atoms with E-state index < -0.39 is 5.60 Å². The van der Waals surface area contributed by atoms with E-state index in [0.717, 1.165) is 18.7 Å². The van der Waals surface area contributed by atoms with Gasteiger partial charge in [0.1, 0.15) is 11.9 Å². The summed E-state index contributed by atoms with van der Waals surface area (Å²) in [6.07, 6.45) is 5.92. The molecule has 0 radical (unpaired) electrons. The normalized spacial score (nSPS) is 22.6. The lowest BCUT2D eigenvalue weighted by Crippen LogP contribution is -2.55. The highest BCUT2D eigenvalue weighted by Gasteiger charge is 2.36. The first kappa shape index (κ1) is 15.1. The van der Waals surface area contributed by atoms with Crippen LogP contribution in [0.5, 0.6) is 0 Å². The summed E-state index contributed by atoms with van der Waals surface area (Å²) in [6.45, 7) is 2.98. The lowest BCUT2D eigenvalue weighted by Gasteiger charge is -2.42. The fraction of sp³-hybridized carbons (Fsp3) is 0.412. The maximum atomic E-state index is 9.91. The first-order valence-corrected chi connectivity index (χ1v) is 7.55. The van der Waals surface area contributed by atoms with Crippen molar-refractivity contribution in [2.45, 2.75) is 18.6 Å². The summed E-state index contributed by atoms with van der Waals surface area (Å²) in [5.74, 6) is 0. The minimum atomic E-state index is -0.532.